The first-order valence-electron chi connectivity index (χ1n) is 10.0. The molecule has 32 heavy (non-hydrogen) atoms. The van der Waals surface area contributed by atoms with Crippen LogP contribution < -0.4 is 19.9 Å². The van der Waals surface area contributed by atoms with Gasteiger partial charge in [-0.1, -0.05) is 36.4 Å². The molecule has 0 aliphatic rings. The van der Waals surface area contributed by atoms with Gasteiger partial charge in [0, 0.05) is 22.4 Å². The predicted octanol–water partition coefficient (Wildman–Crippen LogP) is 3.80. The fourth-order valence-electron chi connectivity index (χ4n) is 3.46. The smallest absolute Gasteiger partial charge is 0.325 e. The molecule has 0 bridgehead atoms. The van der Waals surface area contributed by atoms with Crippen LogP contribution >= 0.6 is 12.6 Å². The molecular formula is C25H27NO5S. The molecule has 3 aromatic carbocycles. The van der Waals surface area contributed by atoms with Gasteiger partial charge in [-0.2, -0.15) is 12.6 Å². The van der Waals surface area contributed by atoms with Crippen LogP contribution in [0.2, 0.25) is 0 Å². The van der Waals surface area contributed by atoms with Crippen molar-refractivity contribution in [3.63, 3.8) is 0 Å². The van der Waals surface area contributed by atoms with E-state index in [0.29, 0.717) is 17.2 Å². The van der Waals surface area contributed by atoms with Crippen LogP contribution in [0, 0.1) is 0 Å². The molecule has 0 saturated heterocycles. The molecule has 2 N–H and O–H groups in total. The van der Waals surface area contributed by atoms with E-state index in [1.165, 1.54) is 0 Å². The molecule has 0 aliphatic carbocycles. The summed E-state index contributed by atoms with van der Waals surface area (Å²) in [5.41, 5.74) is 6.90. The van der Waals surface area contributed by atoms with Crippen LogP contribution in [0.4, 0.5) is 0 Å². The molecule has 3 aromatic rings. The summed E-state index contributed by atoms with van der Waals surface area (Å²) < 4.78 is 22.2. The van der Waals surface area contributed by atoms with E-state index in [4.69, 9.17) is 24.7 Å². The number of methoxy groups -OCH3 is 3. The minimum absolute atomic E-state index is 0.156. The molecule has 0 unspecified atom stereocenters. The number of benzene rings is 3. The molecule has 6 nitrogen and oxygen atoms in total. The standard InChI is InChI=1S/C25H27NO5S/c1-28-20-10-4-17(5-11-20)25(31-24(27)23(26)16-32,18-6-12-21(29-2)13-7-18)19-8-14-22(30-3)15-9-19/h4-15,23,32H,16,26H2,1-3H3/t23-/m0/s1. The van der Waals surface area contributed by atoms with Gasteiger partial charge in [0.15, 0.2) is 5.60 Å². The van der Waals surface area contributed by atoms with Gasteiger partial charge >= 0.3 is 5.97 Å². The van der Waals surface area contributed by atoms with Gasteiger partial charge < -0.3 is 24.7 Å². The molecule has 1 atom stereocenters. The number of rotatable bonds is 9. The summed E-state index contributed by atoms with van der Waals surface area (Å²) >= 11 is 4.17. The van der Waals surface area contributed by atoms with E-state index in [1.807, 2.05) is 72.8 Å². The summed E-state index contributed by atoms with van der Waals surface area (Å²) in [5.74, 6) is 1.65. The second kappa shape index (κ2) is 10.4. The molecule has 0 radical (unpaired) electrons. The Labute approximate surface area is 193 Å². The number of ether oxygens (including phenoxy) is 4. The highest BCUT2D eigenvalue weighted by Gasteiger charge is 2.41. The Kier molecular flexibility index (Phi) is 7.66. The molecule has 0 fully saturated rings. The van der Waals surface area contributed by atoms with E-state index in [-0.39, 0.29) is 5.75 Å². The summed E-state index contributed by atoms with van der Waals surface area (Å²) in [6.45, 7) is 0. The van der Waals surface area contributed by atoms with Gasteiger partial charge in [0.25, 0.3) is 0 Å². The van der Waals surface area contributed by atoms with Crippen LogP contribution in [0.3, 0.4) is 0 Å². The zero-order valence-corrected chi connectivity index (χ0v) is 19.2. The van der Waals surface area contributed by atoms with Crippen molar-refractivity contribution < 1.29 is 23.7 Å². The van der Waals surface area contributed by atoms with Crippen molar-refractivity contribution >= 4 is 18.6 Å². The highest BCUT2D eigenvalue weighted by atomic mass is 32.1. The van der Waals surface area contributed by atoms with E-state index in [1.54, 1.807) is 21.3 Å². The fraction of sp³-hybridized carbons (Fsp3) is 0.240. The number of thiol groups is 1. The second-order valence-corrected chi connectivity index (χ2v) is 7.44. The van der Waals surface area contributed by atoms with Crippen molar-refractivity contribution in [3.8, 4) is 17.2 Å². The third-order valence-corrected chi connectivity index (χ3v) is 5.64. The maximum Gasteiger partial charge on any atom is 0.325 e. The molecule has 0 aromatic heterocycles. The monoisotopic (exact) mass is 453 g/mol. The van der Waals surface area contributed by atoms with E-state index < -0.39 is 17.6 Å². The van der Waals surface area contributed by atoms with Crippen molar-refractivity contribution in [2.45, 2.75) is 11.6 Å². The molecule has 0 saturated carbocycles. The lowest BCUT2D eigenvalue weighted by Crippen LogP contribution is -2.42. The number of esters is 1. The van der Waals surface area contributed by atoms with Gasteiger partial charge in [-0.15, -0.1) is 0 Å². The van der Waals surface area contributed by atoms with Crippen molar-refractivity contribution in [2.75, 3.05) is 27.1 Å². The molecule has 168 valence electrons. The average molecular weight is 454 g/mol. The second-order valence-electron chi connectivity index (χ2n) is 7.08. The summed E-state index contributed by atoms with van der Waals surface area (Å²) in [7, 11) is 4.79. The number of hydrogen-bond donors (Lipinski definition) is 2. The summed E-state index contributed by atoms with van der Waals surface area (Å²) in [4.78, 5) is 13.0. The van der Waals surface area contributed by atoms with Crippen LogP contribution in [0.1, 0.15) is 16.7 Å². The fourth-order valence-corrected chi connectivity index (χ4v) is 3.60. The number of hydrogen-bond acceptors (Lipinski definition) is 7. The molecular weight excluding hydrogens is 426 g/mol. The van der Waals surface area contributed by atoms with Gasteiger partial charge in [-0.05, 0) is 36.4 Å². The lowest BCUT2D eigenvalue weighted by molar-refractivity contribution is -0.154. The van der Waals surface area contributed by atoms with Gasteiger partial charge in [0.05, 0.1) is 21.3 Å². The first-order chi connectivity index (χ1) is 15.5. The third kappa shape index (κ3) is 4.69. The highest BCUT2D eigenvalue weighted by Crippen LogP contribution is 2.42. The number of nitrogens with two attached hydrogens (primary N) is 1. The molecule has 0 spiro atoms. The largest absolute Gasteiger partial charge is 0.497 e. The van der Waals surface area contributed by atoms with Gasteiger partial charge in [0.2, 0.25) is 0 Å². The normalized spacial score (nSPS) is 12.0. The first kappa shape index (κ1) is 23.5. The Hall–Kier alpha value is -3.16. The van der Waals surface area contributed by atoms with Crippen molar-refractivity contribution in [2.24, 2.45) is 5.73 Å². The maximum absolute atomic E-state index is 13.0. The van der Waals surface area contributed by atoms with E-state index in [9.17, 15) is 4.79 Å². The van der Waals surface area contributed by atoms with Gasteiger partial charge in [-0.3, -0.25) is 4.79 Å². The minimum atomic E-state index is -1.28. The maximum atomic E-state index is 13.0. The van der Waals surface area contributed by atoms with Crippen LogP contribution in [-0.4, -0.2) is 39.1 Å². The van der Waals surface area contributed by atoms with Crippen LogP contribution in [0.15, 0.2) is 72.8 Å². The van der Waals surface area contributed by atoms with Crippen LogP contribution in [-0.2, 0) is 15.1 Å². The predicted molar refractivity (Wildman–Crippen MR) is 127 cm³/mol. The minimum Gasteiger partial charge on any atom is -0.497 e. The summed E-state index contributed by atoms with van der Waals surface area (Å²) in [6.07, 6.45) is 0. The Bertz CT molecular complexity index is 904. The zero-order valence-electron chi connectivity index (χ0n) is 18.3. The van der Waals surface area contributed by atoms with Gasteiger partial charge in [-0.25, -0.2) is 0 Å². The Morgan fingerprint density at radius 2 is 1.06 bits per heavy atom. The zero-order chi connectivity index (χ0) is 23.1. The lowest BCUT2D eigenvalue weighted by Gasteiger charge is -2.36. The Balaban J connectivity index is 2.29. The van der Waals surface area contributed by atoms with E-state index in [0.717, 1.165) is 16.7 Å². The Morgan fingerprint density at radius 1 is 0.750 bits per heavy atom. The average Bonchev–Trinajstić information content (AvgIpc) is 2.87. The van der Waals surface area contributed by atoms with E-state index in [2.05, 4.69) is 12.6 Å². The van der Waals surface area contributed by atoms with Crippen molar-refractivity contribution in [1.29, 1.82) is 0 Å². The van der Waals surface area contributed by atoms with Crippen molar-refractivity contribution in [1.82, 2.24) is 0 Å². The molecule has 0 heterocycles. The Morgan fingerprint density at radius 3 is 1.31 bits per heavy atom. The lowest BCUT2D eigenvalue weighted by atomic mass is 9.80. The number of carbonyl (C=O) groups is 1. The topological polar surface area (TPSA) is 80.0 Å². The summed E-state index contributed by atoms with van der Waals surface area (Å²) in [5, 5.41) is 0. The molecule has 3 rings (SSSR count). The van der Waals surface area contributed by atoms with Crippen molar-refractivity contribution in [3.05, 3.63) is 89.5 Å². The van der Waals surface area contributed by atoms with Gasteiger partial charge in [0.1, 0.15) is 23.3 Å². The molecule has 0 amide bonds. The van der Waals surface area contributed by atoms with Crippen LogP contribution in [0.5, 0.6) is 17.2 Å². The third-order valence-electron chi connectivity index (χ3n) is 5.24. The quantitative estimate of drug-likeness (QED) is 0.291. The summed E-state index contributed by atoms with van der Waals surface area (Å²) in [6, 6.07) is 21.3. The number of carbonyl (C=O) groups excluding carboxylic acids is 1. The first-order valence-corrected chi connectivity index (χ1v) is 10.6. The SMILES string of the molecule is COc1ccc(C(OC(=O)[C@@H](N)CS)(c2ccc(OC)cc2)c2ccc(OC)cc2)cc1. The van der Waals surface area contributed by atoms with E-state index >= 15 is 0 Å². The highest BCUT2D eigenvalue weighted by molar-refractivity contribution is 7.80. The molecule has 7 heteroatoms. The molecule has 0 aliphatic heterocycles. The van der Waals surface area contributed by atoms with Crippen LogP contribution in [0.25, 0.3) is 0 Å².